The monoisotopic (exact) mass is 352 g/mol. The number of nitrogens with zero attached hydrogens (tertiary/aromatic N) is 2. The first-order valence-corrected chi connectivity index (χ1v) is 8.18. The molecule has 0 aliphatic rings. The lowest BCUT2D eigenvalue weighted by Crippen LogP contribution is -2.25. The Morgan fingerprint density at radius 1 is 1.20 bits per heavy atom. The highest BCUT2D eigenvalue weighted by Crippen LogP contribution is 2.29. The van der Waals surface area contributed by atoms with Crippen molar-refractivity contribution in [2.45, 2.75) is 5.16 Å². The van der Waals surface area contributed by atoms with Crippen LogP contribution in [0.1, 0.15) is 0 Å². The molecule has 9 heteroatoms. The first kappa shape index (κ1) is 15.3. The molecular formula is C11H7Cl3N2O3S. The topological polar surface area (TPSA) is 69.0 Å². The van der Waals surface area contributed by atoms with Crippen LogP contribution in [-0.2, 0) is 9.84 Å². The summed E-state index contributed by atoms with van der Waals surface area (Å²) in [6, 6.07) is 5.51. The molecule has 0 aliphatic heterocycles. The Hall–Kier alpha value is -1.08. The maximum atomic E-state index is 12.0. The number of benzene rings is 1. The maximum Gasteiger partial charge on any atom is 0.260 e. The molecule has 0 amide bonds. The van der Waals surface area contributed by atoms with E-state index in [4.69, 9.17) is 34.8 Å². The van der Waals surface area contributed by atoms with Crippen molar-refractivity contribution >= 4 is 44.6 Å². The van der Waals surface area contributed by atoms with Crippen LogP contribution < -0.4 is 5.56 Å². The third kappa shape index (κ3) is 2.83. The molecule has 1 heterocycles. The molecule has 0 fully saturated rings. The van der Waals surface area contributed by atoms with Gasteiger partial charge in [-0.2, -0.15) is 0 Å². The zero-order chi connectivity index (χ0) is 15.1. The van der Waals surface area contributed by atoms with Crippen LogP contribution in [0.2, 0.25) is 15.2 Å². The summed E-state index contributed by atoms with van der Waals surface area (Å²) in [5.74, 6) is 0. The van der Waals surface area contributed by atoms with Crippen molar-refractivity contribution in [2.24, 2.45) is 0 Å². The van der Waals surface area contributed by atoms with Gasteiger partial charge in [0.2, 0.25) is 15.0 Å². The van der Waals surface area contributed by atoms with Crippen molar-refractivity contribution in [1.82, 2.24) is 9.55 Å². The largest absolute Gasteiger partial charge is 0.269 e. The lowest BCUT2D eigenvalue weighted by molar-refractivity contribution is 0.585. The van der Waals surface area contributed by atoms with E-state index in [1.165, 1.54) is 18.2 Å². The molecule has 2 rings (SSSR count). The number of sulfone groups is 1. The zero-order valence-electron chi connectivity index (χ0n) is 9.97. The van der Waals surface area contributed by atoms with Crippen molar-refractivity contribution in [1.29, 1.82) is 0 Å². The van der Waals surface area contributed by atoms with Crippen LogP contribution in [0.3, 0.4) is 0 Å². The smallest absolute Gasteiger partial charge is 0.260 e. The second-order valence-corrected chi connectivity index (χ2v) is 6.96. The van der Waals surface area contributed by atoms with E-state index in [-0.39, 0.29) is 20.9 Å². The highest BCUT2D eigenvalue weighted by Gasteiger charge is 2.21. The normalized spacial score (nSPS) is 11.6. The quantitative estimate of drug-likeness (QED) is 0.615. The van der Waals surface area contributed by atoms with E-state index in [0.29, 0.717) is 0 Å². The zero-order valence-corrected chi connectivity index (χ0v) is 13.1. The first-order valence-electron chi connectivity index (χ1n) is 5.16. The Kier molecular flexibility index (Phi) is 4.11. The van der Waals surface area contributed by atoms with Gasteiger partial charge in [0.1, 0.15) is 5.15 Å². The van der Waals surface area contributed by atoms with Gasteiger partial charge in [0.05, 0.1) is 15.7 Å². The second kappa shape index (κ2) is 5.37. The van der Waals surface area contributed by atoms with Gasteiger partial charge in [-0.15, -0.1) is 0 Å². The SMILES string of the molecule is CS(=O)(=O)c1nc(Cl)cc(=O)n1-c1cccc(Cl)c1Cl. The summed E-state index contributed by atoms with van der Waals surface area (Å²) in [5, 5.41) is -0.486. The Bertz CT molecular complexity index is 846. The number of hydrogen-bond donors (Lipinski definition) is 0. The summed E-state index contributed by atoms with van der Waals surface area (Å²) in [5.41, 5.74) is -0.552. The highest BCUT2D eigenvalue weighted by molar-refractivity contribution is 7.90. The van der Waals surface area contributed by atoms with Crippen molar-refractivity contribution < 1.29 is 8.42 Å². The van der Waals surface area contributed by atoms with Crippen LogP contribution in [0.5, 0.6) is 0 Å². The maximum absolute atomic E-state index is 12.0. The molecular weight excluding hydrogens is 347 g/mol. The molecule has 0 spiro atoms. The Balaban J connectivity index is 2.95. The average molecular weight is 354 g/mol. The number of hydrogen-bond acceptors (Lipinski definition) is 4. The summed E-state index contributed by atoms with van der Waals surface area (Å²) in [6.07, 6.45) is 0.917. The Morgan fingerprint density at radius 3 is 2.45 bits per heavy atom. The molecule has 0 saturated heterocycles. The molecule has 1 aromatic carbocycles. The molecule has 0 atom stereocenters. The van der Waals surface area contributed by atoms with Gasteiger partial charge in [0.15, 0.2) is 0 Å². The van der Waals surface area contributed by atoms with Crippen molar-refractivity contribution in [3.8, 4) is 5.69 Å². The van der Waals surface area contributed by atoms with E-state index in [0.717, 1.165) is 16.9 Å². The van der Waals surface area contributed by atoms with E-state index in [9.17, 15) is 13.2 Å². The predicted octanol–water partition coefficient (Wildman–Crippen LogP) is 2.60. The molecule has 1 aromatic heterocycles. The van der Waals surface area contributed by atoms with Crippen molar-refractivity contribution in [3.63, 3.8) is 0 Å². The minimum atomic E-state index is -3.79. The molecule has 5 nitrogen and oxygen atoms in total. The molecule has 0 radical (unpaired) electrons. The molecule has 0 aliphatic carbocycles. The van der Waals surface area contributed by atoms with E-state index < -0.39 is 20.6 Å². The van der Waals surface area contributed by atoms with Crippen LogP contribution in [0.25, 0.3) is 5.69 Å². The fraction of sp³-hybridized carbons (Fsp3) is 0.0909. The molecule has 0 N–H and O–H groups in total. The van der Waals surface area contributed by atoms with Gasteiger partial charge in [-0.1, -0.05) is 40.9 Å². The fourth-order valence-electron chi connectivity index (χ4n) is 1.57. The minimum Gasteiger partial charge on any atom is -0.269 e. The fourth-order valence-corrected chi connectivity index (χ4v) is 2.96. The van der Waals surface area contributed by atoms with E-state index in [1.807, 2.05) is 0 Å². The summed E-state index contributed by atoms with van der Waals surface area (Å²) in [7, 11) is -3.79. The lowest BCUT2D eigenvalue weighted by Gasteiger charge is -2.12. The van der Waals surface area contributed by atoms with Gasteiger partial charge in [0, 0.05) is 12.3 Å². The molecule has 0 unspecified atom stereocenters. The Morgan fingerprint density at radius 2 is 1.85 bits per heavy atom. The molecule has 106 valence electrons. The third-order valence-electron chi connectivity index (χ3n) is 2.36. The van der Waals surface area contributed by atoms with Crippen LogP contribution in [0.4, 0.5) is 0 Å². The highest BCUT2D eigenvalue weighted by atomic mass is 35.5. The third-order valence-corrected chi connectivity index (χ3v) is 4.30. The molecule has 0 bridgehead atoms. The van der Waals surface area contributed by atoms with Crippen LogP contribution in [-0.4, -0.2) is 24.2 Å². The van der Waals surface area contributed by atoms with Crippen molar-refractivity contribution in [2.75, 3.05) is 6.26 Å². The van der Waals surface area contributed by atoms with Gasteiger partial charge in [-0.3, -0.25) is 4.79 Å². The summed E-state index contributed by atoms with van der Waals surface area (Å²) >= 11 is 17.5. The van der Waals surface area contributed by atoms with E-state index in [1.54, 1.807) is 0 Å². The van der Waals surface area contributed by atoms with Crippen LogP contribution in [0.15, 0.2) is 34.2 Å². The minimum absolute atomic E-state index is 0.0466. The second-order valence-electron chi connectivity index (χ2n) is 3.88. The van der Waals surface area contributed by atoms with Gasteiger partial charge >= 0.3 is 0 Å². The van der Waals surface area contributed by atoms with Crippen LogP contribution >= 0.6 is 34.8 Å². The van der Waals surface area contributed by atoms with Crippen molar-refractivity contribution in [3.05, 3.63) is 49.8 Å². The van der Waals surface area contributed by atoms with E-state index in [2.05, 4.69) is 4.98 Å². The molecule has 0 saturated carbocycles. The molecule has 2 aromatic rings. The average Bonchev–Trinajstić information content (AvgIpc) is 2.31. The predicted molar refractivity (Wildman–Crippen MR) is 78.0 cm³/mol. The summed E-state index contributed by atoms with van der Waals surface area (Å²) in [6.45, 7) is 0. The van der Waals surface area contributed by atoms with Crippen LogP contribution in [0, 0.1) is 0 Å². The summed E-state index contributed by atoms with van der Waals surface area (Å²) < 4.78 is 24.4. The van der Waals surface area contributed by atoms with E-state index >= 15 is 0 Å². The van der Waals surface area contributed by atoms with Gasteiger partial charge < -0.3 is 0 Å². The molecule has 20 heavy (non-hydrogen) atoms. The lowest BCUT2D eigenvalue weighted by atomic mass is 10.3. The number of rotatable bonds is 2. The number of halogens is 3. The van der Waals surface area contributed by atoms with Gasteiger partial charge in [-0.05, 0) is 12.1 Å². The summed E-state index contributed by atoms with van der Waals surface area (Å²) in [4.78, 5) is 15.7. The van der Waals surface area contributed by atoms with Gasteiger partial charge in [0.25, 0.3) is 5.56 Å². The standard InChI is InChI=1S/C11H7Cl3N2O3S/c1-20(18,19)11-15-8(13)5-9(17)16(11)7-4-2-3-6(12)10(7)14/h2-5H,1H3. The number of aromatic nitrogens is 2. The van der Waals surface area contributed by atoms with Gasteiger partial charge in [-0.25, -0.2) is 18.0 Å². The first-order chi connectivity index (χ1) is 9.21. The Labute approximate surface area is 129 Å².